The molecule has 0 bridgehead atoms. The highest BCUT2D eigenvalue weighted by Crippen LogP contribution is 2.26. The lowest BCUT2D eigenvalue weighted by atomic mass is 10.0. The first kappa shape index (κ1) is 33.5. The van der Waals surface area contributed by atoms with Gasteiger partial charge in [-0.15, -0.1) is 0 Å². The van der Waals surface area contributed by atoms with E-state index in [1.165, 1.54) is 24.9 Å². The van der Waals surface area contributed by atoms with Gasteiger partial charge in [0.1, 0.15) is 11.6 Å². The second-order valence-electron chi connectivity index (χ2n) is 9.82. The number of rotatable bonds is 21. The Bertz CT molecular complexity index is 1130. The van der Waals surface area contributed by atoms with Crippen LogP contribution in [0.25, 0.3) is 16.8 Å². The Balaban J connectivity index is 1.23. The van der Waals surface area contributed by atoms with Crippen LogP contribution in [0, 0.1) is 11.3 Å². The summed E-state index contributed by atoms with van der Waals surface area (Å²) in [6.07, 6.45) is 5.40. The molecule has 1 amide bonds. The lowest BCUT2D eigenvalue weighted by Crippen LogP contribution is -2.29. The van der Waals surface area contributed by atoms with Gasteiger partial charge in [0.15, 0.2) is 0 Å². The molecule has 3 rings (SSSR count). The van der Waals surface area contributed by atoms with Crippen LogP contribution in [-0.4, -0.2) is 105 Å². The molecule has 1 fully saturated rings. The second kappa shape index (κ2) is 20.8. The summed E-state index contributed by atoms with van der Waals surface area (Å²) >= 11 is 0. The zero-order valence-electron chi connectivity index (χ0n) is 24.8. The van der Waals surface area contributed by atoms with Crippen LogP contribution in [0.1, 0.15) is 24.8 Å². The van der Waals surface area contributed by atoms with Gasteiger partial charge in [-0.05, 0) is 59.9 Å². The van der Waals surface area contributed by atoms with Crippen molar-refractivity contribution < 1.29 is 33.2 Å². The van der Waals surface area contributed by atoms with Crippen LogP contribution in [0.3, 0.4) is 0 Å². The van der Waals surface area contributed by atoms with E-state index in [9.17, 15) is 10.1 Å². The Kier molecular flexibility index (Phi) is 16.6. The van der Waals surface area contributed by atoms with E-state index >= 15 is 0 Å². The second-order valence-corrected chi connectivity index (χ2v) is 9.82. The van der Waals surface area contributed by atoms with Crippen LogP contribution in [0.5, 0.6) is 0 Å². The third kappa shape index (κ3) is 12.9. The lowest BCUT2D eigenvalue weighted by molar-refractivity contribution is -0.117. The van der Waals surface area contributed by atoms with Gasteiger partial charge in [-0.1, -0.05) is 18.2 Å². The van der Waals surface area contributed by atoms with Crippen LogP contribution in [0.2, 0.25) is 0 Å². The van der Waals surface area contributed by atoms with Gasteiger partial charge < -0.3 is 38.6 Å². The van der Waals surface area contributed by atoms with Crippen molar-refractivity contribution in [1.82, 2.24) is 5.32 Å². The molecule has 230 valence electrons. The van der Waals surface area contributed by atoms with Gasteiger partial charge in [-0.3, -0.25) is 4.79 Å². The van der Waals surface area contributed by atoms with Crippen molar-refractivity contribution in [2.75, 3.05) is 104 Å². The highest BCUT2D eigenvalue weighted by atomic mass is 16.6. The van der Waals surface area contributed by atoms with Crippen molar-refractivity contribution in [1.29, 1.82) is 5.26 Å². The molecule has 10 heteroatoms. The molecule has 0 aromatic heterocycles. The predicted octanol–water partition coefficient (Wildman–Crippen LogP) is 3.58. The highest BCUT2D eigenvalue weighted by Gasteiger charge is 2.12. The van der Waals surface area contributed by atoms with Crippen LogP contribution in [0.15, 0.2) is 42.0 Å². The molecule has 1 aliphatic rings. The SMILES string of the molecule is COCCOCCOCCOCCOCCOCCNC(=O)/C(C#N)=C/c1ccc2cc(N3CCCCC3)ccc2c1. The molecule has 0 aliphatic carbocycles. The van der Waals surface area contributed by atoms with Crippen molar-refractivity contribution in [2.24, 2.45) is 0 Å². The number of anilines is 1. The number of nitrogens with one attached hydrogen (secondary N) is 1. The molecule has 1 aliphatic heterocycles. The van der Waals surface area contributed by atoms with Gasteiger partial charge >= 0.3 is 0 Å². The summed E-state index contributed by atoms with van der Waals surface area (Å²) in [4.78, 5) is 14.9. The van der Waals surface area contributed by atoms with E-state index in [-0.39, 0.29) is 5.57 Å². The molecular formula is C32H45N3O7. The fourth-order valence-electron chi connectivity index (χ4n) is 4.46. The van der Waals surface area contributed by atoms with Gasteiger partial charge in [-0.2, -0.15) is 5.26 Å². The van der Waals surface area contributed by atoms with E-state index in [0.717, 1.165) is 29.4 Å². The maximum absolute atomic E-state index is 12.5. The standard InChI is InChI=1S/C32H45N3O7/c1-37-13-14-39-17-18-41-21-22-42-20-19-40-16-15-38-12-9-34-32(36)30(26-33)24-27-5-6-29-25-31(8-7-28(29)23-27)35-10-3-2-4-11-35/h5-8,23-25H,2-4,9-22H2,1H3,(H,34,36)/b30-24+. The van der Waals surface area contributed by atoms with Gasteiger partial charge in [0.25, 0.3) is 5.91 Å². The molecule has 2 aromatic carbocycles. The fourth-order valence-corrected chi connectivity index (χ4v) is 4.46. The Labute approximate surface area is 249 Å². The van der Waals surface area contributed by atoms with Gasteiger partial charge in [0.05, 0.1) is 72.7 Å². The third-order valence-corrected chi connectivity index (χ3v) is 6.70. The Morgan fingerprint density at radius 1 is 0.786 bits per heavy atom. The minimum Gasteiger partial charge on any atom is -0.382 e. The number of hydrogen-bond acceptors (Lipinski definition) is 9. The van der Waals surface area contributed by atoms with E-state index in [2.05, 4.69) is 28.4 Å². The number of nitrogens with zero attached hydrogens (tertiary/aromatic N) is 2. The molecule has 0 saturated carbocycles. The quantitative estimate of drug-likeness (QED) is 0.134. The minimum absolute atomic E-state index is 0.0587. The average molecular weight is 584 g/mol. The summed E-state index contributed by atoms with van der Waals surface area (Å²) in [6, 6.07) is 14.5. The zero-order chi connectivity index (χ0) is 29.7. The molecule has 2 aromatic rings. The van der Waals surface area contributed by atoms with E-state index in [4.69, 9.17) is 28.4 Å². The first-order valence-corrected chi connectivity index (χ1v) is 14.8. The average Bonchev–Trinajstić information content (AvgIpc) is 3.03. The van der Waals surface area contributed by atoms with Crippen molar-refractivity contribution in [3.63, 3.8) is 0 Å². The number of methoxy groups -OCH3 is 1. The number of amides is 1. The molecular weight excluding hydrogens is 538 g/mol. The Morgan fingerprint density at radius 3 is 1.93 bits per heavy atom. The predicted molar refractivity (Wildman–Crippen MR) is 163 cm³/mol. The Hall–Kier alpha value is -3.04. The smallest absolute Gasteiger partial charge is 0.262 e. The van der Waals surface area contributed by atoms with Crippen molar-refractivity contribution >= 4 is 28.4 Å². The van der Waals surface area contributed by atoms with Crippen LogP contribution < -0.4 is 10.2 Å². The number of ether oxygens (including phenoxy) is 6. The number of hydrogen-bond donors (Lipinski definition) is 1. The summed E-state index contributed by atoms with van der Waals surface area (Å²) < 4.78 is 32.0. The molecule has 10 nitrogen and oxygen atoms in total. The minimum atomic E-state index is -0.419. The van der Waals surface area contributed by atoms with Gasteiger partial charge in [0, 0.05) is 32.4 Å². The molecule has 1 heterocycles. The Morgan fingerprint density at radius 2 is 1.33 bits per heavy atom. The molecule has 0 radical (unpaired) electrons. The molecule has 42 heavy (non-hydrogen) atoms. The van der Waals surface area contributed by atoms with Crippen molar-refractivity contribution in [3.8, 4) is 6.07 Å². The summed E-state index contributed by atoms with van der Waals surface area (Å²) in [5, 5.41) is 14.5. The zero-order valence-corrected chi connectivity index (χ0v) is 24.8. The van der Waals surface area contributed by atoms with Crippen LogP contribution in [0.4, 0.5) is 5.69 Å². The molecule has 0 unspecified atom stereocenters. The fraction of sp³-hybridized carbons (Fsp3) is 0.562. The monoisotopic (exact) mass is 583 g/mol. The first-order chi connectivity index (χ1) is 20.7. The van der Waals surface area contributed by atoms with Crippen molar-refractivity contribution in [2.45, 2.75) is 19.3 Å². The molecule has 0 spiro atoms. The highest BCUT2D eigenvalue weighted by molar-refractivity contribution is 6.02. The maximum Gasteiger partial charge on any atom is 0.262 e. The van der Waals surface area contributed by atoms with E-state index in [1.807, 2.05) is 24.3 Å². The van der Waals surface area contributed by atoms with E-state index in [1.54, 1.807) is 13.2 Å². The van der Waals surface area contributed by atoms with Gasteiger partial charge in [0.2, 0.25) is 0 Å². The summed E-state index contributed by atoms with van der Waals surface area (Å²) in [5.41, 5.74) is 2.12. The summed E-state index contributed by atoms with van der Waals surface area (Å²) in [7, 11) is 1.64. The third-order valence-electron chi connectivity index (χ3n) is 6.70. The molecule has 0 atom stereocenters. The normalized spacial score (nSPS) is 13.8. The van der Waals surface area contributed by atoms with E-state index in [0.29, 0.717) is 79.2 Å². The number of piperidine rings is 1. The molecule has 1 saturated heterocycles. The first-order valence-electron chi connectivity index (χ1n) is 14.8. The summed E-state index contributed by atoms with van der Waals surface area (Å²) in [6.45, 7) is 7.82. The van der Waals surface area contributed by atoms with E-state index < -0.39 is 5.91 Å². The van der Waals surface area contributed by atoms with Crippen LogP contribution >= 0.6 is 0 Å². The topological polar surface area (TPSA) is 112 Å². The summed E-state index contributed by atoms with van der Waals surface area (Å²) in [5.74, 6) is -0.419. The lowest BCUT2D eigenvalue weighted by Gasteiger charge is -2.29. The molecule has 1 N–H and O–H groups in total. The largest absolute Gasteiger partial charge is 0.382 e. The van der Waals surface area contributed by atoms with Crippen LogP contribution in [-0.2, 0) is 33.2 Å². The number of nitriles is 1. The van der Waals surface area contributed by atoms with Crippen molar-refractivity contribution in [3.05, 3.63) is 47.5 Å². The van der Waals surface area contributed by atoms with Gasteiger partial charge in [-0.25, -0.2) is 0 Å². The number of fused-ring (bicyclic) bond motifs is 1. The number of carbonyl (C=O) groups is 1. The number of benzene rings is 2. The number of carbonyl (C=O) groups excluding carboxylic acids is 1. The maximum atomic E-state index is 12.5.